The first-order valence-corrected chi connectivity index (χ1v) is 9.89. The van der Waals surface area contributed by atoms with Crippen LogP contribution in [-0.4, -0.2) is 22.4 Å². The summed E-state index contributed by atoms with van der Waals surface area (Å²) in [6.45, 7) is 0.276. The molecule has 0 bridgehead atoms. The minimum Gasteiger partial charge on any atom is -0.293 e. The zero-order valence-electron chi connectivity index (χ0n) is 15.2. The van der Waals surface area contributed by atoms with Gasteiger partial charge in [0.1, 0.15) is 0 Å². The summed E-state index contributed by atoms with van der Waals surface area (Å²) >= 11 is 1.56. The van der Waals surface area contributed by atoms with E-state index >= 15 is 0 Å². The van der Waals surface area contributed by atoms with Gasteiger partial charge in [-0.3, -0.25) is 9.59 Å². The molecule has 0 aliphatic carbocycles. The normalized spacial score (nSPS) is 16.2. The number of carbonyl (C=O) groups excluding carboxylic acids is 2. The second kappa shape index (κ2) is 8.38. The number of benzene rings is 3. The van der Waals surface area contributed by atoms with E-state index in [4.69, 9.17) is 0 Å². The molecule has 1 heterocycles. The number of ketones is 2. The van der Waals surface area contributed by atoms with Gasteiger partial charge in [-0.15, -0.1) is 0 Å². The average molecular weight is 385 g/mol. The molecule has 0 N–H and O–H groups in total. The SMILES string of the molecule is O=C(C=CC1c2ccccc2SN1CC(=O)c1ccccc1)c1ccccc1. The molecule has 1 aliphatic heterocycles. The number of hydrogen-bond donors (Lipinski definition) is 0. The maximum absolute atomic E-state index is 12.7. The predicted octanol–water partition coefficient (Wildman–Crippen LogP) is 5.37. The van der Waals surface area contributed by atoms with Crippen LogP contribution in [0.5, 0.6) is 0 Å². The second-order valence-corrected chi connectivity index (χ2v) is 7.62. The van der Waals surface area contributed by atoms with Crippen LogP contribution in [0, 0.1) is 0 Å². The Morgan fingerprint density at radius 3 is 2.14 bits per heavy atom. The zero-order valence-corrected chi connectivity index (χ0v) is 16.0. The molecule has 4 heteroatoms. The van der Waals surface area contributed by atoms with Crippen molar-refractivity contribution >= 4 is 23.5 Å². The topological polar surface area (TPSA) is 37.4 Å². The summed E-state index contributed by atoms with van der Waals surface area (Å²) in [7, 11) is 0. The van der Waals surface area contributed by atoms with Crippen LogP contribution in [-0.2, 0) is 0 Å². The lowest BCUT2D eigenvalue weighted by Crippen LogP contribution is -2.24. The molecule has 3 nitrogen and oxygen atoms in total. The highest BCUT2D eigenvalue weighted by Gasteiger charge is 2.31. The van der Waals surface area contributed by atoms with Gasteiger partial charge in [-0.1, -0.05) is 84.9 Å². The molecule has 1 unspecified atom stereocenters. The van der Waals surface area contributed by atoms with E-state index in [2.05, 4.69) is 6.07 Å². The van der Waals surface area contributed by atoms with Crippen LogP contribution in [0.1, 0.15) is 32.3 Å². The monoisotopic (exact) mass is 385 g/mol. The van der Waals surface area contributed by atoms with E-state index in [1.165, 1.54) is 0 Å². The fourth-order valence-electron chi connectivity index (χ4n) is 3.21. The Bertz CT molecular complexity index is 1020. The van der Waals surface area contributed by atoms with Gasteiger partial charge >= 0.3 is 0 Å². The molecule has 3 aromatic carbocycles. The molecular weight excluding hydrogens is 366 g/mol. The third-order valence-corrected chi connectivity index (χ3v) is 5.81. The van der Waals surface area contributed by atoms with Crippen molar-refractivity contribution in [2.24, 2.45) is 0 Å². The van der Waals surface area contributed by atoms with E-state index in [9.17, 15) is 9.59 Å². The number of carbonyl (C=O) groups is 2. The minimum atomic E-state index is -0.124. The van der Waals surface area contributed by atoms with Crippen molar-refractivity contribution in [2.75, 3.05) is 6.54 Å². The summed E-state index contributed by atoms with van der Waals surface area (Å²) in [4.78, 5) is 26.3. The van der Waals surface area contributed by atoms with Crippen molar-refractivity contribution in [1.29, 1.82) is 0 Å². The van der Waals surface area contributed by atoms with Crippen molar-refractivity contribution in [3.05, 3.63) is 114 Å². The fourth-order valence-corrected chi connectivity index (χ4v) is 4.38. The van der Waals surface area contributed by atoms with Crippen LogP contribution in [0.25, 0.3) is 0 Å². The van der Waals surface area contributed by atoms with Crippen molar-refractivity contribution in [2.45, 2.75) is 10.9 Å². The Morgan fingerprint density at radius 2 is 1.43 bits per heavy atom. The highest BCUT2D eigenvalue weighted by Crippen LogP contribution is 2.44. The van der Waals surface area contributed by atoms with Crippen LogP contribution in [0.2, 0.25) is 0 Å². The summed E-state index contributed by atoms with van der Waals surface area (Å²) in [5, 5.41) is 0. The van der Waals surface area contributed by atoms with Gasteiger partial charge in [-0.25, -0.2) is 4.31 Å². The minimum absolute atomic E-state index is 0.0377. The molecule has 0 radical (unpaired) electrons. The van der Waals surface area contributed by atoms with Gasteiger partial charge in [-0.2, -0.15) is 0 Å². The Balaban J connectivity index is 1.57. The summed E-state index contributed by atoms with van der Waals surface area (Å²) in [5.74, 6) is 0.0259. The van der Waals surface area contributed by atoms with E-state index < -0.39 is 0 Å². The molecule has 0 amide bonds. The lowest BCUT2D eigenvalue weighted by molar-refractivity contribution is 0.0965. The maximum atomic E-state index is 12.7. The van der Waals surface area contributed by atoms with Gasteiger partial charge in [0, 0.05) is 16.0 Å². The number of nitrogens with zero attached hydrogens (tertiary/aromatic N) is 1. The Kier molecular flexibility index (Phi) is 5.51. The molecule has 1 aliphatic rings. The molecule has 4 rings (SSSR count). The van der Waals surface area contributed by atoms with Crippen molar-refractivity contribution in [3.63, 3.8) is 0 Å². The van der Waals surface area contributed by atoms with Gasteiger partial charge in [-0.05, 0) is 29.7 Å². The lowest BCUT2D eigenvalue weighted by atomic mass is 10.0. The molecule has 28 heavy (non-hydrogen) atoms. The number of rotatable bonds is 6. The van der Waals surface area contributed by atoms with Crippen LogP contribution >= 0.6 is 11.9 Å². The molecule has 0 aromatic heterocycles. The van der Waals surface area contributed by atoms with Crippen molar-refractivity contribution in [1.82, 2.24) is 4.31 Å². The van der Waals surface area contributed by atoms with Gasteiger partial charge < -0.3 is 0 Å². The van der Waals surface area contributed by atoms with Gasteiger partial charge in [0.25, 0.3) is 0 Å². The van der Waals surface area contributed by atoms with Crippen LogP contribution in [0.3, 0.4) is 0 Å². The number of hydrogen-bond acceptors (Lipinski definition) is 4. The fraction of sp³-hybridized carbons (Fsp3) is 0.0833. The predicted molar refractivity (Wildman–Crippen MR) is 112 cm³/mol. The average Bonchev–Trinajstić information content (AvgIpc) is 3.10. The van der Waals surface area contributed by atoms with E-state index in [1.807, 2.05) is 77.1 Å². The van der Waals surface area contributed by atoms with E-state index in [-0.39, 0.29) is 24.2 Å². The molecule has 0 saturated carbocycles. The van der Waals surface area contributed by atoms with Crippen molar-refractivity contribution < 1.29 is 9.59 Å². The summed E-state index contributed by atoms with van der Waals surface area (Å²) in [6, 6.07) is 26.5. The number of Topliss-reactive ketones (excluding diaryl/α,β-unsaturated/α-hetero) is 1. The Hall–Kier alpha value is -2.95. The first-order valence-electron chi connectivity index (χ1n) is 9.12. The first-order chi connectivity index (χ1) is 13.7. The number of fused-ring (bicyclic) bond motifs is 1. The van der Waals surface area contributed by atoms with Crippen LogP contribution < -0.4 is 0 Å². The zero-order chi connectivity index (χ0) is 19.3. The third kappa shape index (κ3) is 3.98. The largest absolute Gasteiger partial charge is 0.293 e. The van der Waals surface area contributed by atoms with Gasteiger partial charge in [0.05, 0.1) is 12.6 Å². The van der Waals surface area contributed by atoms with Crippen LogP contribution in [0.15, 0.2) is 102 Å². The Labute approximate surface area is 168 Å². The van der Waals surface area contributed by atoms with Gasteiger partial charge in [0.15, 0.2) is 11.6 Å². The molecular formula is C24H19NO2S. The number of allylic oxidation sites excluding steroid dienone is 1. The maximum Gasteiger partial charge on any atom is 0.185 e. The molecule has 1 atom stereocenters. The van der Waals surface area contributed by atoms with E-state index in [1.54, 1.807) is 30.2 Å². The highest BCUT2D eigenvalue weighted by molar-refractivity contribution is 7.97. The summed E-state index contributed by atoms with van der Waals surface area (Å²) in [6.07, 6.45) is 3.51. The highest BCUT2D eigenvalue weighted by atomic mass is 32.2. The smallest absolute Gasteiger partial charge is 0.185 e. The third-order valence-electron chi connectivity index (χ3n) is 4.65. The molecule has 0 spiro atoms. The Morgan fingerprint density at radius 1 is 0.821 bits per heavy atom. The second-order valence-electron chi connectivity index (χ2n) is 6.53. The van der Waals surface area contributed by atoms with E-state index in [0.717, 1.165) is 10.5 Å². The quantitative estimate of drug-likeness (QED) is 0.325. The first kappa shape index (κ1) is 18.4. The standard InChI is InChI=1S/C24H19NO2S/c26-22(18-9-3-1-4-10-18)16-15-21-20-13-7-8-14-24(20)28-25(21)17-23(27)19-11-5-2-6-12-19/h1-16,21H,17H2. The molecule has 0 saturated heterocycles. The molecule has 138 valence electrons. The lowest BCUT2D eigenvalue weighted by Gasteiger charge is -2.20. The summed E-state index contributed by atoms with van der Waals surface area (Å²) < 4.78 is 2.04. The van der Waals surface area contributed by atoms with Crippen LogP contribution in [0.4, 0.5) is 0 Å². The van der Waals surface area contributed by atoms with Crippen molar-refractivity contribution in [3.8, 4) is 0 Å². The molecule has 0 fully saturated rings. The van der Waals surface area contributed by atoms with Gasteiger partial charge in [0.2, 0.25) is 0 Å². The summed E-state index contributed by atoms with van der Waals surface area (Å²) in [5.41, 5.74) is 2.47. The molecule has 3 aromatic rings. The van der Waals surface area contributed by atoms with E-state index in [0.29, 0.717) is 11.1 Å².